The Hall–Kier alpha value is -0.950. The van der Waals surface area contributed by atoms with E-state index in [1.54, 1.807) is 0 Å². The predicted octanol–water partition coefficient (Wildman–Crippen LogP) is 1.96. The summed E-state index contributed by atoms with van der Waals surface area (Å²) in [5.41, 5.74) is 0.338. The van der Waals surface area contributed by atoms with Crippen molar-refractivity contribution in [1.82, 2.24) is 5.32 Å². The van der Waals surface area contributed by atoms with Crippen molar-refractivity contribution in [2.24, 2.45) is 0 Å². The average Bonchev–Trinajstić information content (AvgIpc) is 2.61. The molecule has 0 unspecified atom stereocenters. The van der Waals surface area contributed by atoms with E-state index in [1.807, 2.05) is 6.07 Å². The van der Waals surface area contributed by atoms with E-state index < -0.39 is 0 Å². The van der Waals surface area contributed by atoms with Crippen molar-refractivity contribution in [2.45, 2.75) is 38.1 Å². The fourth-order valence-electron chi connectivity index (χ4n) is 2.07. The van der Waals surface area contributed by atoms with Crippen molar-refractivity contribution in [1.29, 1.82) is 5.26 Å². The minimum Gasteiger partial charge on any atom is -0.376 e. The normalized spacial score (nSPS) is 23.0. The molecule has 3 nitrogen and oxygen atoms in total. The van der Waals surface area contributed by atoms with E-state index >= 15 is 0 Å². The highest BCUT2D eigenvalue weighted by atomic mass is 32.2. The molecule has 0 spiro atoms. The summed E-state index contributed by atoms with van der Waals surface area (Å²) in [7, 11) is 0. The number of ketones is 1. The topological polar surface area (TPSA) is 52.9 Å². The van der Waals surface area contributed by atoms with Gasteiger partial charge in [0.05, 0.1) is 10.8 Å². The maximum absolute atomic E-state index is 11.3. The molecule has 0 radical (unpaired) electrons. The third kappa shape index (κ3) is 2.35. The quantitative estimate of drug-likeness (QED) is 0.776. The average molecular weight is 222 g/mol. The van der Waals surface area contributed by atoms with Crippen LogP contribution in [-0.2, 0) is 4.79 Å². The summed E-state index contributed by atoms with van der Waals surface area (Å²) in [5, 5.41) is 13.0. The van der Waals surface area contributed by atoms with Gasteiger partial charge >= 0.3 is 0 Å². The molecule has 0 aromatic carbocycles. The van der Waals surface area contributed by atoms with Gasteiger partial charge in [0.2, 0.25) is 0 Å². The maximum Gasteiger partial charge on any atom is 0.186 e. The SMILES string of the molecule is N#CC1=C(NC2CCCCC2)SCC1=O. The van der Waals surface area contributed by atoms with Crippen LogP contribution in [0.2, 0.25) is 0 Å². The van der Waals surface area contributed by atoms with E-state index in [0.29, 0.717) is 17.4 Å². The minimum absolute atomic E-state index is 0.0270. The van der Waals surface area contributed by atoms with Gasteiger partial charge in [-0.3, -0.25) is 4.79 Å². The zero-order valence-corrected chi connectivity index (χ0v) is 9.40. The molecule has 1 N–H and O–H groups in total. The Bertz CT molecular complexity index is 337. The van der Waals surface area contributed by atoms with Crippen LogP contribution in [0, 0.1) is 11.3 Å². The van der Waals surface area contributed by atoms with Gasteiger partial charge < -0.3 is 5.32 Å². The summed E-state index contributed by atoms with van der Waals surface area (Å²) in [4.78, 5) is 11.3. The smallest absolute Gasteiger partial charge is 0.186 e. The second kappa shape index (κ2) is 4.71. The molecule has 0 aromatic heterocycles. The van der Waals surface area contributed by atoms with Crippen molar-refractivity contribution < 1.29 is 4.79 Å². The Morgan fingerprint density at radius 3 is 2.73 bits per heavy atom. The van der Waals surface area contributed by atoms with Crippen LogP contribution < -0.4 is 5.32 Å². The molecule has 1 aliphatic carbocycles. The third-order valence-electron chi connectivity index (χ3n) is 2.91. The molecule has 2 rings (SSSR count). The summed E-state index contributed by atoms with van der Waals surface area (Å²) < 4.78 is 0. The van der Waals surface area contributed by atoms with Crippen molar-refractivity contribution >= 4 is 17.5 Å². The summed E-state index contributed by atoms with van der Waals surface area (Å²) in [6, 6.07) is 2.47. The summed E-state index contributed by atoms with van der Waals surface area (Å²) in [6.45, 7) is 0. The number of thioether (sulfide) groups is 1. The van der Waals surface area contributed by atoms with Gasteiger partial charge in [-0.25, -0.2) is 0 Å². The first-order chi connectivity index (χ1) is 7.31. The molecule has 1 aliphatic heterocycles. The lowest BCUT2D eigenvalue weighted by molar-refractivity contribution is -0.112. The van der Waals surface area contributed by atoms with E-state index in [4.69, 9.17) is 5.26 Å². The van der Waals surface area contributed by atoms with Crippen LogP contribution in [0.1, 0.15) is 32.1 Å². The number of nitrogens with zero attached hydrogens (tertiary/aromatic N) is 1. The fourth-order valence-corrected chi connectivity index (χ4v) is 3.04. The fraction of sp³-hybridized carbons (Fsp3) is 0.636. The number of carbonyl (C=O) groups excluding carboxylic acids is 1. The van der Waals surface area contributed by atoms with Crippen molar-refractivity contribution in [2.75, 3.05) is 5.75 Å². The van der Waals surface area contributed by atoms with E-state index in [2.05, 4.69) is 5.32 Å². The molecule has 1 fully saturated rings. The van der Waals surface area contributed by atoms with Crippen molar-refractivity contribution in [3.8, 4) is 6.07 Å². The largest absolute Gasteiger partial charge is 0.376 e. The van der Waals surface area contributed by atoms with Crippen molar-refractivity contribution in [3.05, 3.63) is 10.6 Å². The van der Waals surface area contributed by atoms with Crippen LogP contribution in [0.25, 0.3) is 0 Å². The van der Waals surface area contributed by atoms with Gasteiger partial charge in [0.1, 0.15) is 11.6 Å². The summed E-state index contributed by atoms with van der Waals surface area (Å²) in [5.74, 6) is 0.401. The molecule has 2 aliphatic rings. The van der Waals surface area contributed by atoms with Crippen molar-refractivity contribution in [3.63, 3.8) is 0 Å². The third-order valence-corrected chi connectivity index (χ3v) is 3.92. The molecule has 80 valence electrons. The van der Waals surface area contributed by atoms with Crippen LogP contribution in [0.4, 0.5) is 0 Å². The second-order valence-electron chi connectivity index (χ2n) is 4.01. The lowest BCUT2D eigenvalue weighted by Gasteiger charge is -2.23. The molecular weight excluding hydrogens is 208 g/mol. The van der Waals surface area contributed by atoms with Crippen LogP contribution in [0.15, 0.2) is 10.6 Å². The van der Waals surface area contributed by atoms with E-state index in [-0.39, 0.29) is 5.78 Å². The molecule has 1 saturated carbocycles. The number of nitrogens with one attached hydrogen (secondary N) is 1. The maximum atomic E-state index is 11.3. The number of Topliss-reactive ketones (excluding diaryl/α,β-unsaturated/α-hetero) is 1. The molecule has 0 saturated heterocycles. The van der Waals surface area contributed by atoms with Crippen LogP contribution in [-0.4, -0.2) is 17.6 Å². The molecule has 0 amide bonds. The Kier molecular flexibility index (Phi) is 3.32. The molecule has 0 atom stereocenters. The second-order valence-corrected chi connectivity index (χ2v) is 4.99. The highest BCUT2D eigenvalue weighted by molar-refractivity contribution is 8.04. The predicted molar refractivity (Wildman–Crippen MR) is 60.1 cm³/mol. The van der Waals surface area contributed by atoms with Gasteiger partial charge in [-0.1, -0.05) is 31.0 Å². The summed E-state index contributed by atoms with van der Waals surface area (Å²) in [6.07, 6.45) is 6.15. The van der Waals surface area contributed by atoms with Crippen LogP contribution in [0.3, 0.4) is 0 Å². The first-order valence-corrected chi connectivity index (χ1v) is 6.36. The van der Waals surface area contributed by atoms with Gasteiger partial charge in [0, 0.05) is 6.04 Å². The number of hydrogen-bond donors (Lipinski definition) is 1. The van der Waals surface area contributed by atoms with Gasteiger partial charge in [-0.05, 0) is 12.8 Å². The molecule has 0 bridgehead atoms. The summed E-state index contributed by atoms with van der Waals surface area (Å²) >= 11 is 1.47. The molecule has 15 heavy (non-hydrogen) atoms. The lowest BCUT2D eigenvalue weighted by atomic mass is 9.95. The Labute approximate surface area is 93.9 Å². The number of nitriles is 1. The zero-order chi connectivity index (χ0) is 10.7. The molecule has 4 heteroatoms. The van der Waals surface area contributed by atoms with Gasteiger partial charge in [0.25, 0.3) is 0 Å². The van der Waals surface area contributed by atoms with Crippen LogP contribution in [0.5, 0.6) is 0 Å². The Balaban J connectivity index is 2.01. The van der Waals surface area contributed by atoms with Gasteiger partial charge in [-0.15, -0.1) is 0 Å². The van der Waals surface area contributed by atoms with Gasteiger partial charge in [0.15, 0.2) is 5.78 Å². The van der Waals surface area contributed by atoms with E-state index in [1.165, 1.54) is 31.0 Å². The first-order valence-electron chi connectivity index (χ1n) is 5.38. The first kappa shape index (κ1) is 10.6. The van der Waals surface area contributed by atoms with E-state index in [0.717, 1.165) is 17.9 Å². The number of allylic oxidation sites excluding steroid dienone is 1. The molecular formula is C11H14N2OS. The lowest BCUT2D eigenvalue weighted by Crippen LogP contribution is -2.29. The van der Waals surface area contributed by atoms with Gasteiger partial charge in [-0.2, -0.15) is 5.26 Å². The van der Waals surface area contributed by atoms with Crippen LogP contribution >= 0.6 is 11.8 Å². The minimum atomic E-state index is -0.0270. The highest BCUT2D eigenvalue weighted by Crippen LogP contribution is 2.28. The monoisotopic (exact) mass is 222 g/mol. The van der Waals surface area contributed by atoms with E-state index in [9.17, 15) is 4.79 Å². The Morgan fingerprint density at radius 1 is 1.33 bits per heavy atom. The zero-order valence-electron chi connectivity index (χ0n) is 8.58. The Morgan fingerprint density at radius 2 is 2.07 bits per heavy atom. The standard InChI is InChI=1S/C11H14N2OS/c12-6-9-10(14)7-15-11(9)13-8-4-2-1-3-5-8/h8,13H,1-5,7H2. The molecule has 0 aromatic rings. The highest BCUT2D eigenvalue weighted by Gasteiger charge is 2.25. The number of hydrogen-bond acceptors (Lipinski definition) is 4. The number of rotatable bonds is 2. The number of carbonyl (C=O) groups is 1. The molecule has 1 heterocycles.